The second-order valence-corrected chi connectivity index (χ2v) is 5.86. The molecule has 0 unspecified atom stereocenters. The predicted octanol–water partition coefficient (Wildman–Crippen LogP) is 1.93. The molecule has 0 aliphatic heterocycles. The fraction of sp³-hybridized carbons (Fsp3) is 0.667. The number of ether oxygens (including phenoxy) is 2. The normalized spacial score (nSPS) is 18.3. The third kappa shape index (κ3) is 3.76. The Morgan fingerprint density at radius 3 is 2.75 bits per heavy atom. The highest BCUT2D eigenvalue weighted by Crippen LogP contribution is 2.31. The van der Waals surface area contributed by atoms with E-state index in [0.29, 0.717) is 36.6 Å². The summed E-state index contributed by atoms with van der Waals surface area (Å²) in [7, 11) is 2.14. The lowest BCUT2D eigenvalue weighted by atomic mass is 10.4. The van der Waals surface area contributed by atoms with Gasteiger partial charge in [-0.1, -0.05) is 0 Å². The van der Waals surface area contributed by atoms with Crippen molar-refractivity contribution in [2.45, 2.75) is 31.7 Å². The van der Waals surface area contributed by atoms with Gasteiger partial charge in [-0.05, 0) is 44.7 Å². The van der Waals surface area contributed by atoms with Crippen LogP contribution in [0.2, 0.25) is 0 Å². The van der Waals surface area contributed by atoms with Crippen LogP contribution >= 0.6 is 0 Å². The molecule has 0 saturated heterocycles. The Kier molecular flexibility index (Phi) is 3.96. The molecule has 2 saturated carbocycles. The topological polar surface area (TPSA) is 60.6 Å². The molecular weight excluding hydrogens is 254 g/mol. The molecule has 20 heavy (non-hydrogen) atoms. The van der Waals surface area contributed by atoms with Gasteiger partial charge in [0, 0.05) is 18.7 Å². The summed E-state index contributed by atoms with van der Waals surface area (Å²) >= 11 is 0. The van der Waals surface area contributed by atoms with Gasteiger partial charge in [-0.25, -0.2) is 0 Å². The molecule has 0 atom stereocenters. The molecule has 0 spiro atoms. The smallest absolute Gasteiger partial charge is 0.240 e. The quantitative estimate of drug-likeness (QED) is 0.786. The van der Waals surface area contributed by atoms with E-state index < -0.39 is 0 Å². The summed E-state index contributed by atoms with van der Waals surface area (Å²) < 4.78 is 11.3. The van der Waals surface area contributed by atoms with Crippen LogP contribution in [0.5, 0.6) is 11.8 Å². The van der Waals surface area contributed by atoms with Crippen LogP contribution in [0.15, 0.2) is 12.1 Å². The van der Waals surface area contributed by atoms with Crippen LogP contribution in [0, 0.1) is 5.92 Å². The van der Waals surface area contributed by atoms with Crippen LogP contribution in [0.4, 0.5) is 5.69 Å². The van der Waals surface area contributed by atoms with Crippen molar-refractivity contribution in [1.29, 1.82) is 0 Å². The number of aromatic nitrogens is 1. The average Bonchev–Trinajstić information content (AvgIpc) is 3.30. The van der Waals surface area contributed by atoms with Crippen molar-refractivity contribution in [3.8, 4) is 11.8 Å². The number of anilines is 1. The molecule has 1 aromatic heterocycles. The van der Waals surface area contributed by atoms with E-state index >= 15 is 0 Å². The van der Waals surface area contributed by atoms with Gasteiger partial charge in [0.25, 0.3) is 0 Å². The van der Waals surface area contributed by atoms with Crippen LogP contribution < -0.4 is 15.2 Å². The van der Waals surface area contributed by atoms with E-state index in [-0.39, 0.29) is 0 Å². The highest BCUT2D eigenvalue weighted by Gasteiger charge is 2.25. The summed E-state index contributed by atoms with van der Waals surface area (Å²) in [5.74, 6) is 1.78. The number of pyridine rings is 1. The van der Waals surface area contributed by atoms with E-state index in [1.54, 1.807) is 12.1 Å². The number of hydrogen-bond acceptors (Lipinski definition) is 5. The number of likely N-dealkylation sites (N-methyl/N-ethyl adjacent to an activating group) is 1. The molecule has 0 amide bonds. The second kappa shape index (κ2) is 5.87. The average molecular weight is 277 g/mol. The molecule has 2 fully saturated rings. The first-order valence-electron chi connectivity index (χ1n) is 7.45. The monoisotopic (exact) mass is 277 g/mol. The van der Waals surface area contributed by atoms with Crippen LogP contribution in [0.3, 0.4) is 0 Å². The number of nitrogens with two attached hydrogens (primary N) is 1. The molecule has 5 heteroatoms. The number of nitrogens with zero attached hydrogens (tertiary/aromatic N) is 2. The molecule has 1 heterocycles. The fourth-order valence-corrected chi connectivity index (χ4v) is 2.10. The second-order valence-electron chi connectivity index (χ2n) is 5.86. The minimum absolute atomic E-state index is 0.505. The Morgan fingerprint density at radius 1 is 1.25 bits per heavy atom. The zero-order valence-corrected chi connectivity index (χ0v) is 12.0. The van der Waals surface area contributed by atoms with Gasteiger partial charge < -0.3 is 20.1 Å². The zero-order valence-electron chi connectivity index (χ0n) is 12.0. The van der Waals surface area contributed by atoms with Crippen LogP contribution in [0.1, 0.15) is 25.7 Å². The maximum atomic E-state index is 5.87. The van der Waals surface area contributed by atoms with Gasteiger partial charge in [-0.15, -0.1) is 0 Å². The van der Waals surface area contributed by atoms with Crippen molar-refractivity contribution in [2.75, 3.05) is 32.5 Å². The Hall–Kier alpha value is -1.49. The van der Waals surface area contributed by atoms with Crippen molar-refractivity contribution >= 4 is 5.69 Å². The minimum Gasteiger partial charge on any atom is -0.476 e. The van der Waals surface area contributed by atoms with E-state index in [1.165, 1.54) is 25.7 Å². The van der Waals surface area contributed by atoms with Crippen molar-refractivity contribution < 1.29 is 9.47 Å². The Balaban J connectivity index is 1.48. The lowest BCUT2D eigenvalue weighted by molar-refractivity contribution is 0.222. The van der Waals surface area contributed by atoms with Gasteiger partial charge in [0.2, 0.25) is 11.8 Å². The summed E-state index contributed by atoms with van der Waals surface area (Å²) in [6, 6.07) is 4.36. The third-order valence-electron chi connectivity index (χ3n) is 3.88. The van der Waals surface area contributed by atoms with Gasteiger partial charge in [-0.3, -0.25) is 0 Å². The third-order valence-corrected chi connectivity index (χ3v) is 3.88. The van der Waals surface area contributed by atoms with E-state index in [9.17, 15) is 0 Å². The van der Waals surface area contributed by atoms with Crippen molar-refractivity contribution in [3.05, 3.63) is 12.1 Å². The molecule has 0 aromatic carbocycles. The van der Waals surface area contributed by atoms with Crippen molar-refractivity contribution in [2.24, 2.45) is 5.92 Å². The first-order valence-corrected chi connectivity index (χ1v) is 7.45. The molecule has 1 aromatic rings. The van der Waals surface area contributed by atoms with Gasteiger partial charge in [0.15, 0.2) is 0 Å². The van der Waals surface area contributed by atoms with Gasteiger partial charge in [0.1, 0.15) is 6.61 Å². The van der Waals surface area contributed by atoms with Crippen molar-refractivity contribution in [1.82, 2.24) is 9.88 Å². The summed E-state index contributed by atoms with van der Waals surface area (Å²) in [5, 5.41) is 0. The highest BCUT2D eigenvalue weighted by atomic mass is 16.5. The van der Waals surface area contributed by atoms with Crippen LogP contribution in [-0.4, -0.2) is 42.7 Å². The molecule has 3 rings (SSSR count). The highest BCUT2D eigenvalue weighted by molar-refractivity contribution is 5.49. The first kappa shape index (κ1) is 13.5. The van der Waals surface area contributed by atoms with Gasteiger partial charge in [0.05, 0.1) is 12.3 Å². The molecule has 0 radical (unpaired) electrons. The van der Waals surface area contributed by atoms with E-state index in [1.807, 2.05) is 0 Å². The molecule has 5 nitrogen and oxygen atoms in total. The first-order chi connectivity index (χ1) is 9.72. The van der Waals surface area contributed by atoms with E-state index in [2.05, 4.69) is 16.9 Å². The summed E-state index contributed by atoms with van der Waals surface area (Å²) in [6.07, 6.45) is 5.14. The van der Waals surface area contributed by atoms with Crippen LogP contribution in [-0.2, 0) is 0 Å². The molecule has 110 valence electrons. The van der Waals surface area contributed by atoms with Gasteiger partial charge in [-0.2, -0.15) is 4.98 Å². The standard InChI is InChI=1S/C15H23N3O2/c1-18(12-4-5-12)8-9-19-14-7-6-13(16)15(17-14)20-10-11-2-3-11/h6-7,11-12H,2-5,8-10,16H2,1H3. The minimum atomic E-state index is 0.505. The molecule has 2 aliphatic carbocycles. The molecule has 2 N–H and O–H groups in total. The summed E-state index contributed by atoms with van der Waals surface area (Å²) in [4.78, 5) is 6.68. The Bertz CT molecular complexity index is 458. The maximum absolute atomic E-state index is 5.87. The molecule has 2 aliphatic rings. The predicted molar refractivity (Wildman–Crippen MR) is 78.0 cm³/mol. The van der Waals surface area contributed by atoms with Crippen molar-refractivity contribution in [3.63, 3.8) is 0 Å². The summed E-state index contributed by atoms with van der Waals surface area (Å²) in [5.41, 5.74) is 6.45. The van der Waals surface area contributed by atoms with E-state index in [0.717, 1.165) is 12.6 Å². The zero-order chi connectivity index (χ0) is 13.9. The number of hydrogen-bond donors (Lipinski definition) is 1. The van der Waals surface area contributed by atoms with Crippen LogP contribution in [0.25, 0.3) is 0 Å². The number of nitrogen functional groups attached to an aromatic ring is 1. The Morgan fingerprint density at radius 2 is 2.05 bits per heavy atom. The lowest BCUT2D eigenvalue weighted by Gasteiger charge is -2.16. The lowest BCUT2D eigenvalue weighted by Crippen LogP contribution is -2.26. The SMILES string of the molecule is CN(CCOc1ccc(N)c(OCC2CC2)n1)C1CC1. The largest absolute Gasteiger partial charge is 0.476 e. The number of rotatable bonds is 8. The maximum Gasteiger partial charge on any atom is 0.240 e. The fourth-order valence-electron chi connectivity index (χ4n) is 2.10. The Labute approximate surface area is 120 Å². The molecule has 0 bridgehead atoms. The summed E-state index contributed by atoms with van der Waals surface area (Å²) in [6.45, 7) is 2.28. The van der Waals surface area contributed by atoms with E-state index in [4.69, 9.17) is 15.2 Å². The molecular formula is C15H23N3O2. The van der Waals surface area contributed by atoms with Gasteiger partial charge >= 0.3 is 0 Å².